The molecule has 55 heavy (non-hydrogen) atoms. The minimum absolute atomic E-state index is 0.0476. The molecule has 0 aliphatic rings. The van der Waals surface area contributed by atoms with Crippen LogP contribution in [0.1, 0.15) is 291 Å². The fourth-order valence-corrected chi connectivity index (χ4v) is 8.31. The maximum absolute atomic E-state index is 12.7. The highest BCUT2D eigenvalue weighted by Crippen LogP contribution is 2.24. The Morgan fingerprint density at radius 1 is 0.291 bits per heavy atom. The molecule has 0 aromatic rings. The number of ether oxygens (including phenoxy) is 2. The van der Waals surface area contributed by atoms with E-state index in [9.17, 15) is 9.59 Å². The van der Waals surface area contributed by atoms with Gasteiger partial charge in [-0.15, -0.1) is 0 Å². The zero-order valence-electron chi connectivity index (χ0n) is 38.2. The first-order valence-corrected chi connectivity index (χ1v) is 25.4. The Labute approximate surface area is 346 Å². The molecule has 0 saturated heterocycles. The van der Waals surface area contributed by atoms with Crippen LogP contribution in [0.3, 0.4) is 0 Å². The molecule has 0 aromatic heterocycles. The Balaban J connectivity index is 3.91. The van der Waals surface area contributed by atoms with Gasteiger partial charge in [0.1, 0.15) is 0 Å². The van der Waals surface area contributed by atoms with Gasteiger partial charge in [-0.3, -0.25) is 9.59 Å². The van der Waals surface area contributed by atoms with Crippen molar-refractivity contribution in [3.63, 3.8) is 0 Å². The van der Waals surface area contributed by atoms with Crippen molar-refractivity contribution in [2.75, 3.05) is 13.2 Å². The lowest BCUT2D eigenvalue weighted by molar-refractivity contribution is -0.146. The van der Waals surface area contributed by atoms with Crippen molar-refractivity contribution in [2.24, 2.45) is 11.8 Å². The van der Waals surface area contributed by atoms with Crippen LogP contribution in [0.15, 0.2) is 0 Å². The molecule has 328 valence electrons. The van der Waals surface area contributed by atoms with Gasteiger partial charge in [-0.05, 0) is 50.4 Å². The second kappa shape index (κ2) is 45.6. The highest BCUT2D eigenvalue weighted by atomic mass is 16.5. The third-order valence-electron chi connectivity index (χ3n) is 12.1. The summed E-state index contributed by atoms with van der Waals surface area (Å²) in [7, 11) is 0. The fourth-order valence-electron chi connectivity index (χ4n) is 8.31. The first-order chi connectivity index (χ1) is 27.1. The topological polar surface area (TPSA) is 52.6 Å². The van der Waals surface area contributed by atoms with Crippen LogP contribution in [0.4, 0.5) is 0 Å². The van der Waals surface area contributed by atoms with E-state index < -0.39 is 0 Å². The van der Waals surface area contributed by atoms with Crippen LogP contribution in [0, 0.1) is 11.8 Å². The number of hydrogen-bond acceptors (Lipinski definition) is 4. The van der Waals surface area contributed by atoms with Crippen LogP contribution in [-0.4, -0.2) is 25.2 Å². The first kappa shape index (κ1) is 53.9. The molecule has 0 heterocycles. The van der Waals surface area contributed by atoms with E-state index in [0.29, 0.717) is 37.9 Å². The molecule has 0 saturated carbocycles. The molecule has 4 heteroatoms. The third kappa shape index (κ3) is 42.4. The Morgan fingerprint density at radius 2 is 0.491 bits per heavy atom. The molecule has 0 aromatic carbocycles. The number of esters is 2. The Kier molecular flexibility index (Phi) is 44.8. The first-order valence-electron chi connectivity index (χ1n) is 25.4. The standard InChI is InChI=1S/C51H100O4/c1-5-9-13-17-28-34-40-48(41-35-29-18-14-10-6-2)46-50(52)54-44-38-32-26-24-22-21-23-25-27-33-39-45-55-51(53)47-49(42-36-30-19-15-11-7-3)43-37-31-20-16-12-8-4/h48-49H,5-47H2,1-4H3. The summed E-state index contributed by atoms with van der Waals surface area (Å²) in [6, 6.07) is 0. The molecule has 0 atom stereocenters. The number of hydrogen-bond donors (Lipinski definition) is 0. The van der Waals surface area contributed by atoms with Crippen molar-refractivity contribution in [1.29, 1.82) is 0 Å². The summed E-state index contributed by atoms with van der Waals surface area (Å²) in [5.41, 5.74) is 0. The highest BCUT2D eigenvalue weighted by molar-refractivity contribution is 5.70. The second-order valence-corrected chi connectivity index (χ2v) is 17.7. The van der Waals surface area contributed by atoms with E-state index in [2.05, 4.69) is 27.7 Å². The number of rotatable bonds is 46. The van der Waals surface area contributed by atoms with E-state index in [1.807, 2.05) is 0 Å². The van der Waals surface area contributed by atoms with Gasteiger partial charge >= 0.3 is 11.9 Å². The number of unbranched alkanes of at least 4 members (excludes halogenated alkanes) is 30. The van der Waals surface area contributed by atoms with Crippen molar-refractivity contribution in [3.05, 3.63) is 0 Å². The zero-order valence-corrected chi connectivity index (χ0v) is 38.2. The van der Waals surface area contributed by atoms with Gasteiger partial charge in [-0.1, -0.05) is 240 Å². The maximum atomic E-state index is 12.7. The van der Waals surface area contributed by atoms with E-state index in [1.165, 1.54) is 238 Å². The molecule has 0 amide bonds. The van der Waals surface area contributed by atoms with Crippen molar-refractivity contribution in [2.45, 2.75) is 291 Å². The van der Waals surface area contributed by atoms with Crippen LogP contribution in [0.5, 0.6) is 0 Å². The van der Waals surface area contributed by atoms with Gasteiger partial charge in [0.2, 0.25) is 0 Å². The summed E-state index contributed by atoms with van der Waals surface area (Å²) in [6.07, 6.45) is 51.3. The van der Waals surface area contributed by atoms with E-state index >= 15 is 0 Å². The molecule has 0 unspecified atom stereocenters. The van der Waals surface area contributed by atoms with E-state index in [1.54, 1.807) is 0 Å². The molecule has 0 aliphatic heterocycles. The Hall–Kier alpha value is -1.06. The lowest BCUT2D eigenvalue weighted by Crippen LogP contribution is -2.13. The van der Waals surface area contributed by atoms with E-state index in [-0.39, 0.29) is 11.9 Å². The van der Waals surface area contributed by atoms with Gasteiger partial charge in [0.05, 0.1) is 13.2 Å². The Bertz CT molecular complexity index is 672. The van der Waals surface area contributed by atoms with Gasteiger partial charge in [0.25, 0.3) is 0 Å². The average molecular weight is 777 g/mol. The number of carbonyl (C=O) groups is 2. The summed E-state index contributed by atoms with van der Waals surface area (Å²) in [4.78, 5) is 25.3. The van der Waals surface area contributed by atoms with Crippen molar-refractivity contribution >= 4 is 11.9 Å². The van der Waals surface area contributed by atoms with Crippen molar-refractivity contribution in [3.8, 4) is 0 Å². The monoisotopic (exact) mass is 777 g/mol. The van der Waals surface area contributed by atoms with Crippen LogP contribution < -0.4 is 0 Å². The molecular formula is C51H100O4. The quantitative estimate of drug-likeness (QED) is 0.0456. The predicted molar refractivity (Wildman–Crippen MR) is 241 cm³/mol. The zero-order chi connectivity index (χ0) is 40.1. The smallest absolute Gasteiger partial charge is 0.306 e. The maximum Gasteiger partial charge on any atom is 0.306 e. The van der Waals surface area contributed by atoms with Crippen LogP contribution in [0.2, 0.25) is 0 Å². The lowest BCUT2D eigenvalue weighted by Gasteiger charge is -2.16. The summed E-state index contributed by atoms with van der Waals surface area (Å²) in [6.45, 7) is 10.3. The summed E-state index contributed by atoms with van der Waals surface area (Å²) in [5, 5.41) is 0. The third-order valence-corrected chi connectivity index (χ3v) is 12.1. The van der Waals surface area contributed by atoms with Crippen LogP contribution >= 0.6 is 0 Å². The number of carbonyl (C=O) groups excluding carboxylic acids is 2. The SMILES string of the molecule is CCCCCCCCC(CCCCCCCC)CC(=O)OCCCCCCCCCCCCCOC(=O)CC(CCCCCCCC)CCCCCCCC. The lowest BCUT2D eigenvalue weighted by atomic mass is 9.91. The summed E-state index contributed by atoms with van der Waals surface area (Å²) >= 11 is 0. The molecule has 0 N–H and O–H groups in total. The van der Waals surface area contributed by atoms with Crippen molar-refractivity contribution < 1.29 is 19.1 Å². The highest BCUT2D eigenvalue weighted by Gasteiger charge is 2.16. The van der Waals surface area contributed by atoms with Gasteiger partial charge in [0.15, 0.2) is 0 Å². The van der Waals surface area contributed by atoms with Crippen LogP contribution in [0.25, 0.3) is 0 Å². The molecule has 0 spiro atoms. The summed E-state index contributed by atoms with van der Waals surface area (Å²) in [5.74, 6) is 1.13. The summed E-state index contributed by atoms with van der Waals surface area (Å²) < 4.78 is 11.4. The second-order valence-electron chi connectivity index (χ2n) is 17.7. The van der Waals surface area contributed by atoms with Gasteiger partial charge in [-0.25, -0.2) is 0 Å². The van der Waals surface area contributed by atoms with Gasteiger partial charge in [0, 0.05) is 12.8 Å². The molecule has 4 nitrogen and oxygen atoms in total. The van der Waals surface area contributed by atoms with Crippen LogP contribution in [-0.2, 0) is 19.1 Å². The van der Waals surface area contributed by atoms with E-state index in [4.69, 9.17) is 9.47 Å². The van der Waals surface area contributed by atoms with Gasteiger partial charge in [-0.2, -0.15) is 0 Å². The molecule has 0 aliphatic carbocycles. The van der Waals surface area contributed by atoms with Gasteiger partial charge < -0.3 is 9.47 Å². The molecule has 0 fully saturated rings. The Morgan fingerprint density at radius 3 is 0.727 bits per heavy atom. The fraction of sp³-hybridized carbons (Fsp3) is 0.961. The normalized spacial score (nSPS) is 11.6. The van der Waals surface area contributed by atoms with Crippen molar-refractivity contribution in [1.82, 2.24) is 0 Å². The molecule has 0 radical (unpaired) electrons. The molecule has 0 rings (SSSR count). The predicted octanol–water partition coefficient (Wildman–Crippen LogP) is 17.4. The molecule has 0 bridgehead atoms. The molecular weight excluding hydrogens is 677 g/mol. The van der Waals surface area contributed by atoms with E-state index in [0.717, 1.165) is 12.8 Å². The minimum Gasteiger partial charge on any atom is -0.466 e. The largest absolute Gasteiger partial charge is 0.466 e. The minimum atomic E-state index is 0.0476. The average Bonchev–Trinajstić information content (AvgIpc) is 3.18.